The van der Waals surface area contributed by atoms with E-state index in [4.69, 9.17) is 16.3 Å². The number of nitro groups is 1. The van der Waals surface area contributed by atoms with Crippen molar-refractivity contribution >= 4 is 40.5 Å². The van der Waals surface area contributed by atoms with E-state index in [0.717, 1.165) is 6.33 Å². The zero-order valence-corrected chi connectivity index (χ0v) is 16.5. The topological polar surface area (TPSA) is 131 Å². The molecule has 1 heterocycles. The summed E-state index contributed by atoms with van der Waals surface area (Å²) in [5, 5.41) is 15.0. The molecule has 0 bridgehead atoms. The Balaban J connectivity index is 1.72. The standard InChI is InChI=1S/C19H17ClN6O4/c1-12-14(20)8-5-9-15(12)23-18-17(26(28)29)19(22-11-21-18)25-24-16(27)10-30-13-6-3-2-4-7-13/h2-9,11H,10H2,1H3,(H,24,27)(H2,21,22,23,25). The first-order chi connectivity index (χ1) is 14.5. The van der Waals surface area contributed by atoms with Crippen LogP contribution in [0, 0.1) is 17.0 Å². The van der Waals surface area contributed by atoms with Crippen molar-refractivity contribution in [1.29, 1.82) is 0 Å². The summed E-state index contributed by atoms with van der Waals surface area (Å²) in [4.78, 5) is 30.7. The molecule has 1 amide bonds. The van der Waals surface area contributed by atoms with Gasteiger partial charge in [0, 0.05) is 10.7 Å². The average Bonchev–Trinajstić information content (AvgIpc) is 2.74. The monoisotopic (exact) mass is 428 g/mol. The molecule has 0 saturated carbocycles. The van der Waals surface area contributed by atoms with Crippen molar-refractivity contribution in [3.8, 4) is 5.75 Å². The fraction of sp³-hybridized carbons (Fsp3) is 0.105. The van der Waals surface area contributed by atoms with E-state index in [-0.39, 0.29) is 18.2 Å². The molecule has 11 heteroatoms. The second kappa shape index (κ2) is 9.52. The number of halogens is 1. The van der Waals surface area contributed by atoms with Gasteiger partial charge >= 0.3 is 5.69 Å². The van der Waals surface area contributed by atoms with Gasteiger partial charge in [0.15, 0.2) is 6.61 Å². The lowest BCUT2D eigenvalue weighted by molar-refractivity contribution is -0.383. The summed E-state index contributed by atoms with van der Waals surface area (Å²) in [5.41, 5.74) is 5.57. The molecule has 2 aromatic carbocycles. The van der Waals surface area contributed by atoms with Crippen molar-refractivity contribution in [2.75, 3.05) is 17.3 Å². The van der Waals surface area contributed by atoms with Crippen molar-refractivity contribution in [2.24, 2.45) is 0 Å². The Labute approximate surface area is 176 Å². The van der Waals surface area contributed by atoms with Gasteiger partial charge in [0.2, 0.25) is 11.6 Å². The normalized spacial score (nSPS) is 10.2. The molecule has 0 unspecified atom stereocenters. The van der Waals surface area contributed by atoms with E-state index in [1.54, 1.807) is 49.4 Å². The van der Waals surface area contributed by atoms with Crippen LogP contribution in [0.4, 0.5) is 23.0 Å². The van der Waals surface area contributed by atoms with Crippen LogP contribution in [0.3, 0.4) is 0 Å². The first-order valence-corrected chi connectivity index (χ1v) is 9.07. The number of hydrazine groups is 1. The van der Waals surface area contributed by atoms with E-state index in [1.807, 2.05) is 6.07 Å². The minimum absolute atomic E-state index is 0.0577. The van der Waals surface area contributed by atoms with Crippen molar-refractivity contribution in [3.63, 3.8) is 0 Å². The van der Waals surface area contributed by atoms with Gasteiger partial charge in [0.05, 0.1) is 4.92 Å². The van der Waals surface area contributed by atoms with Gasteiger partial charge in [-0.3, -0.25) is 25.8 Å². The van der Waals surface area contributed by atoms with Crippen molar-refractivity contribution in [3.05, 3.63) is 75.6 Å². The number of nitrogens with one attached hydrogen (secondary N) is 3. The highest BCUT2D eigenvalue weighted by Gasteiger charge is 2.24. The molecule has 3 N–H and O–H groups in total. The Hall–Kier alpha value is -3.92. The smallest absolute Gasteiger partial charge is 0.355 e. The minimum Gasteiger partial charge on any atom is -0.484 e. The molecule has 0 atom stereocenters. The zero-order chi connectivity index (χ0) is 21.5. The molecule has 0 fully saturated rings. The first kappa shape index (κ1) is 20.8. The van der Waals surface area contributed by atoms with E-state index in [9.17, 15) is 14.9 Å². The minimum atomic E-state index is -0.656. The lowest BCUT2D eigenvalue weighted by atomic mass is 10.2. The fourth-order valence-corrected chi connectivity index (χ4v) is 2.61. The fourth-order valence-electron chi connectivity index (χ4n) is 2.44. The van der Waals surface area contributed by atoms with E-state index >= 15 is 0 Å². The van der Waals surface area contributed by atoms with Crippen LogP contribution in [0.25, 0.3) is 0 Å². The second-order valence-corrected chi connectivity index (χ2v) is 6.40. The highest BCUT2D eigenvalue weighted by atomic mass is 35.5. The quantitative estimate of drug-likeness (QED) is 0.366. The molecule has 0 aliphatic rings. The molecule has 3 rings (SSSR count). The summed E-state index contributed by atoms with van der Waals surface area (Å²) in [7, 11) is 0. The molecule has 10 nitrogen and oxygen atoms in total. The molecule has 0 spiro atoms. The maximum atomic E-state index is 12.0. The maximum absolute atomic E-state index is 12.0. The number of hydrogen-bond acceptors (Lipinski definition) is 8. The molecular formula is C19H17ClN6O4. The van der Waals surface area contributed by atoms with Crippen LogP contribution in [0.1, 0.15) is 5.56 Å². The van der Waals surface area contributed by atoms with Gasteiger partial charge in [0.25, 0.3) is 5.91 Å². The molecule has 154 valence electrons. The van der Waals surface area contributed by atoms with Crippen LogP contribution >= 0.6 is 11.6 Å². The Kier molecular flexibility index (Phi) is 6.60. The van der Waals surface area contributed by atoms with Gasteiger partial charge in [-0.25, -0.2) is 9.97 Å². The summed E-state index contributed by atoms with van der Waals surface area (Å²) in [6.45, 7) is 1.48. The number of hydrogen-bond donors (Lipinski definition) is 3. The van der Waals surface area contributed by atoms with Gasteiger partial charge in [-0.1, -0.05) is 35.9 Å². The highest BCUT2D eigenvalue weighted by molar-refractivity contribution is 6.31. The third-order valence-corrected chi connectivity index (χ3v) is 4.37. The van der Waals surface area contributed by atoms with E-state index in [0.29, 0.717) is 22.0 Å². The second-order valence-electron chi connectivity index (χ2n) is 5.99. The number of carbonyl (C=O) groups excluding carboxylic acids is 1. The predicted octanol–water partition coefficient (Wildman–Crippen LogP) is 3.61. The number of amides is 1. The van der Waals surface area contributed by atoms with Gasteiger partial charge in [-0.15, -0.1) is 0 Å². The average molecular weight is 429 g/mol. The predicted molar refractivity (Wildman–Crippen MR) is 112 cm³/mol. The van der Waals surface area contributed by atoms with Gasteiger partial charge in [0.1, 0.15) is 12.1 Å². The number of para-hydroxylation sites is 1. The van der Waals surface area contributed by atoms with E-state index < -0.39 is 16.5 Å². The third kappa shape index (κ3) is 5.11. The molecule has 0 aliphatic carbocycles. The number of carbonyl (C=O) groups is 1. The van der Waals surface area contributed by atoms with Crippen LogP contribution in [0.2, 0.25) is 5.02 Å². The Morgan fingerprint density at radius 3 is 2.60 bits per heavy atom. The van der Waals surface area contributed by atoms with Crippen molar-refractivity contribution in [2.45, 2.75) is 6.92 Å². The summed E-state index contributed by atoms with van der Waals surface area (Å²) >= 11 is 6.09. The molecular weight excluding hydrogens is 412 g/mol. The number of aromatic nitrogens is 2. The number of rotatable bonds is 8. The Morgan fingerprint density at radius 2 is 1.87 bits per heavy atom. The largest absolute Gasteiger partial charge is 0.484 e. The number of anilines is 3. The van der Waals surface area contributed by atoms with Crippen LogP contribution in [-0.2, 0) is 4.79 Å². The van der Waals surface area contributed by atoms with Gasteiger partial charge in [-0.2, -0.15) is 0 Å². The Bertz CT molecular complexity index is 1060. The SMILES string of the molecule is Cc1c(Cl)cccc1Nc1ncnc(NNC(=O)COc2ccccc2)c1[N+](=O)[O-]. The van der Waals surface area contributed by atoms with E-state index in [2.05, 4.69) is 26.1 Å². The zero-order valence-electron chi connectivity index (χ0n) is 15.8. The van der Waals surface area contributed by atoms with Crippen LogP contribution in [-0.4, -0.2) is 27.4 Å². The Morgan fingerprint density at radius 1 is 1.13 bits per heavy atom. The lowest BCUT2D eigenvalue weighted by Gasteiger charge is -2.13. The number of nitrogens with zero attached hydrogens (tertiary/aromatic N) is 3. The van der Waals surface area contributed by atoms with E-state index in [1.165, 1.54) is 0 Å². The highest BCUT2D eigenvalue weighted by Crippen LogP contribution is 2.33. The van der Waals surface area contributed by atoms with Crippen LogP contribution < -0.4 is 20.9 Å². The third-order valence-electron chi connectivity index (χ3n) is 3.96. The van der Waals surface area contributed by atoms with Crippen molar-refractivity contribution < 1.29 is 14.5 Å². The van der Waals surface area contributed by atoms with Crippen LogP contribution in [0.15, 0.2) is 54.9 Å². The molecule has 30 heavy (non-hydrogen) atoms. The molecule has 3 aromatic rings. The van der Waals surface area contributed by atoms with Crippen molar-refractivity contribution in [1.82, 2.24) is 15.4 Å². The summed E-state index contributed by atoms with van der Waals surface area (Å²) in [6.07, 6.45) is 1.13. The van der Waals surface area contributed by atoms with Gasteiger partial charge < -0.3 is 10.1 Å². The molecule has 1 aromatic heterocycles. The number of ether oxygens (including phenoxy) is 1. The number of benzene rings is 2. The summed E-state index contributed by atoms with van der Waals surface area (Å²) < 4.78 is 5.32. The first-order valence-electron chi connectivity index (χ1n) is 8.70. The maximum Gasteiger partial charge on any atom is 0.355 e. The molecule has 0 radical (unpaired) electrons. The lowest BCUT2D eigenvalue weighted by Crippen LogP contribution is -2.34. The summed E-state index contributed by atoms with van der Waals surface area (Å²) in [5.74, 6) is -0.279. The van der Waals surface area contributed by atoms with Gasteiger partial charge in [-0.05, 0) is 36.8 Å². The van der Waals surface area contributed by atoms with Crippen LogP contribution in [0.5, 0.6) is 5.75 Å². The summed E-state index contributed by atoms with van der Waals surface area (Å²) in [6, 6.07) is 13.9. The molecule has 0 saturated heterocycles. The molecule has 0 aliphatic heterocycles.